The van der Waals surface area contributed by atoms with Crippen molar-refractivity contribution in [1.29, 1.82) is 0 Å². The van der Waals surface area contributed by atoms with Crippen LogP contribution in [0, 0.1) is 0 Å². The second-order valence-corrected chi connectivity index (χ2v) is 3.86. The summed E-state index contributed by atoms with van der Waals surface area (Å²) in [6.45, 7) is 0.382. The molecule has 1 aromatic carbocycles. The summed E-state index contributed by atoms with van der Waals surface area (Å²) in [5.74, 6) is 5.22. The molecular formula is C10H12Cl2N2O2. The van der Waals surface area contributed by atoms with Gasteiger partial charge in [-0.05, 0) is 18.6 Å². The SMILES string of the molecule is NNC(=O)CCCOc1cccc(Cl)c1Cl. The molecule has 0 aliphatic heterocycles. The van der Waals surface area contributed by atoms with Gasteiger partial charge in [-0.15, -0.1) is 0 Å². The largest absolute Gasteiger partial charge is 0.492 e. The van der Waals surface area contributed by atoms with Crippen molar-refractivity contribution in [2.45, 2.75) is 12.8 Å². The van der Waals surface area contributed by atoms with Crippen molar-refractivity contribution in [3.63, 3.8) is 0 Å². The zero-order valence-electron chi connectivity index (χ0n) is 8.50. The molecule has 0 spiro atoms. The predicted octanol–water partition coefficient (Wildman–Crippen LogP) is 2.14. The summed E-state index contributed by atoms with van der Waals surface area (Å²) in [6, 6.07) is 5.14. The predicted molar refractivity (Wildman–Crippen MR) is 63.5 cm³/mol. The van der Waals surface area contributed by atoms with Gasteiger partial charge in [0, 0.05) is 6.42 Å². The molecule has 0 unspecified atom stereocenters. The molecule has 0 aliphatic carbocycles. The molecule has 6 heteroatoms. The van der Waals surface area contributed by atoms with Crippen molar-refractivity contribution in [1.82, 2.24) is 5.43 Å². The third-order valence-corrected chi connectivity index (χ3v) is 2.68. The lowest BCUT2D eigenvalue weighted by Gasteiger charge is -2.08. The Hall–Kier alpha value is -0.970. The minimum absolute atomic E-state index is 0.221. The van der Waals surface area contributed by atoms with Gasteiger partial charge >= 0.3 is 0 Å². The van der Waals surface area contributed by atoms with E-state index in [-0.39, 0.29) is 5.91 Å². The highest BCUT2D eigenvalue weighted by molar-refractivity contribution is 6.42. The molecule has 1 rings (SSSR count). The van der Waals surface area contributed by atoms with E-state index in [2.05, 4.69) is 0 Å². The molecule has 0 saturated carbocycles. The maximum Gasteiger partial charge on any atom is 0.234 e. The number of hydrazine groups is 1. The molecule has 0 fully saturated rings. The molecular weight excluding hydrogens is 251 g/mol. The van der Waals surface area contributed by atoms with E-state index in [1.807, 2.05) is 5.43 Å². The van der Waals surface area contributed by atoms with Crippen LogP contribution in [0.4, 0.5) is 0 Å². The Bertz CT molecular complexity index is 372. The second kappa shape index (κ2) is 6.58. The van der Waals surface area contributed by atoms with Crippen molar-refractivity contribution < 1.29 is 9.53 Å². The number of rotatable bonds is 5. The quantitative estimate of drug-likeness (QED) is 0.370. The molecule has 0 atom stereocenters. The normalized spacial score (nSPS) is 9.94. The van der Waals surface area contributed by atoms with Gasteiger partial charge in [0.15, 0.2) is 0 Å². The lowest BCUT2D eigenvalue weighted by atomic mass is 10.3. The second-order valence-electron chi connectivity index (χ2n) is 3.07. The van der Waals surface area contributed by atoms with E-state index in [1.165, 1.54) is 0 Å². The molecule has 16 heavy (non-hydrogen) atoms. The fourth-order valence-electron chi connectivity index (χ4n) is 1.08. The Labute approximate surface area is 104 Å². The number of halogens is 2. The molecule has 3 N–H and O–H groups in total. The molecule has 0 aromatic heterocycles. The van der Waals surface area contributed by atoms with Crippen molar-refractivity contribution in [3.8, 4) is 5.75 Å². The fourth-order valence-corrected chi connectivity index (χ4v) is 1.43. The number of benzene rings is 1. The van der Waals surface area contributed by atoms with Gasteiger partial charge in [-0.25, -0.2) is 5.84 Å². The van der Waals surface area contributed by atoms with E-state index in [9.17, 15) is 4.79 Å². The molecule has 0 radical (unpaired) electrons. The number of amides is 1. The summed E-state index contributed by atoms with van der Waals surface area (Å²) in [5, 5.41) is 0.825. The maximum absolute atomic E-state index is 10.8. The Morgan fingerprint density at radius 2 is 2.19 bits per heavy atom. The first-order valence-corrected chi connectivity index (χ1v) is 5.47. The molecule has 88 valence electrons. The van der Waals surface area contributed by atoms with Crippen LogP contribution in [0.2, 0.25) is 10.0 Å². The summed E-state index contributed by atoms with van der Waals surface area (Å²) in [4.78, 5) is 10.8. The standard InChI is InChI=1S/C10H12Cl2N2O2/c11-7-3-1-4-8(10(7)12)16-6-2-5-9(15)14-13/h1,3-4H,2,5-6,13H2,(H,14,15). The van der Waals surface area contributed by atoms with Crippen LogP contribution in [0.5, 0.6) is 5.75 Å². The topological polar surface area (TPSA) is 64.3 Å². The number of hydrogen-bond donors (Lipinski definition) is 2. The minimum Gasteiger partial charge on any atom is -0.492 e. The summed E-state index contributed by atoms with van der Waals surface area (Å²) in [6.07, 6.45) is 0.876. The van der Waals surface area contributed by atoms with Gasteiger partial charge in [-0.1, -0.05) is 29.3 Å². The van der Waals surface area contributed by atoms with Crippen LogP contribution in [0.3, 0.4) is 0 Å². The summed E-state index contributed by atoms with van der Waals surface area (Å²) >= 11 is 11.7. The third-order valence-electron chi connectivity index (χ3n) is 1.88. The van der Waals surface area contributed by atoms with Crippen molar-refractivity contribution in [2.75, 3.05) is 6.61 Å². The van der Waals surface area contributed by atoms with E-state index in [4.69, 9.17) is 33.8 Å². The zero-order chi connectivity index (χ0) is 12.0. The van der Waals surface area contributed by atoms with Crippen molar-refractivity contribution in [2.24, 2.45) is 5.84 Å². The lowest BCUT2D eigenvalue weighted by molar-refractivity contribution is -0.121. The first kappa shape index (κ1) is 13.1. The lowest BCUT2D eigenvalue weighted by Crippen LogP contribution is -2.29. The van der Waals surface area contributed by atoms with Crippen LogP contribution in [0.1, 0.15) is 12.8 Å². The van der Waals surface area contributed by atoms with Crippen LogP contribution in [-0.4, -0.2) is 12.5 Å². The molecule has 1 amide bonds. The number of carbonyl (C=O) groups is 1. The molecule has 0 heterocycles. The highest BCUT2D eigenvalue weighted by Gasteiger charge is 2.05. The van der Waals surface area contributed by atoms with Crippen LogP contribution >= 0.6 is 23.2 Å². The smallest absolute Gasteiger partial charge is 0.234 e. The first-order chi connectivity index (χ1) is 7.65. The summed E-state index contributed by atoms with van der Waals surface area (Å²) in [5.41, 5.74) is 2.04. The Morgan fingerprint density at radius 1 is 1.44 bits per heavy atom. The zero-order valence-corrected chi connectivity index (χ0v) is 10.0. The van der Waals surface area contributed by atoms with E-state index in [0.717, 1.165) is 0 Å². The number of nitrogens with one attached hydrogen (secondary N) is 1. The molecule has 0 bridgehead atoms. The third kappa shape index (κ3) is 3.89. The van der Waals surface area contributed by atoms with Crippen LogP contribution in [0.15, 0.2) is 18.2 Å². The van der Waals surface area contributed by atoms with Gasteiger partial charge in [0.2, 0.25) is 5.91 Å². The van der Waals surface area contributed by atoms with Gasteiger partial charge < -0.3 is 4.74 Å². The fraction of sp³-hybridized carbons (Fsp3) is 0.300. The highest BCUT2D eigenvalue weighted by Crippen LogP contribution is 2.31. The van der Waals surface area contributed by atoms with Gasteiger partial charge in [-0.3, -0.25) is 10.2 Å². The molecule has 0 aliphatic rings. The monoisotopic (exact) mass is 262 g/mol. The Morgan fingerprint density at radius 3 is 2.88 bits per heavy atom. The number of carbonyl (C=O) groups excluding carboxylic acids is 1. The van der Waals surface area contributed by atoms with Crippen molar-refractivity contribution in [3.05, 3.63) is 28.2 Å². The average Bonchev–Trinajstić information content (AvgIpc) is 2.29. The first-order valence-electron chi connectivity index (χ1n) is 4.71. The van der Waals surface area contributed by atoms with E-state index in [1.54, 1.807) is 18.2 Å². The summed E-state index contributed by atoms with van der Waals surface area (Å²) < 4.78 is 5.38. The van der Waals surface area contributed by atoms with E-state index >= 15 is 0 Å². The van der Waals surface area contributed by atoms with Crippen LogP contribution in [-0.2, 0) is 4.79 Å². The molecule has 0 saturated heterocycles. The maximum atomic E-state index is 10.8. The van der Waals surface area contributed by atoms with Crippen LogP contribution in [0.25, 0.3) is 0 Å². The Balaban J connectivity index is 2.38. The van der Waals surface area contributed by atoms with Gasteiger partial charge in [0.25, 0.3) is 0 Å². The number of nitrogens with two attached hydrogens (primary N) is 1. The number of ether oxygens (including phenoxy) is 1. The van der Waals surface area contributed by atoms with E-state index in [0.29, 0.717) is 35.2 Å². The van der Waals surface area contributed by atoms with Gasteiger partial charge in [-0.2, -0.15) is 0 Å². The van der Waals surface area contributed by atoms with Crippen LogP contribution < -0.4 is 16.0 Å². The van der Waals surface area contributed by atoms with Gasteiger partial charge in [0.1, 0.15) is 10.8 Å². The highest BCUT2D eigenvalue weighted by atomic mass is 35.5. The molecule has 4 nitrogen and oxygen atoms in total. The minimum atomic E-state index is -0.221. The van der Waals surface area contributed by atoms with E-state index < -0.39 is 0 Å². The molecule has 1 aromatic rings. The summed E-state index contributed by atoms with van der Waals surface area (Å²) in [7, 11) is 0. The van der Waals surface area contributed by atoms with Crippen molar-refractivity contribution >= 4 is 29.1 Å². The number of hydrogen-bond acceptors (Lipinski definition) is 3. The average molecular weight is 263 g/mol. The van der Waals surface area contributed by atoms with Gasteiger partial charge in [0.05, 0.1) is 11.6 Å². The Kier molecular flexibility index (Phi) is 5.38.